The third kappa shape index (κ3) is 4.05. The Kier molecular flexibility index (Phi) is 5.64. The Hall–Kier alpha value is -3.02. The SMILES string of the molecule is COc1ccc(N2C[C@@H](C(=O)N(C)Cc3ccccc3)CC2=O)c(OC)c1. The molecule has 1 fully saturated rings. The number of methoxy groups -OCH3 is 2. The lowest BCUT2D eigenvalue weighted by Gasteiger charge is -2.22. The van der Waals surface area contributed by atoms with Crippen molar-refractivity contribution in [2.45, 2.75) is 13.0 Å². The lowest BCUT2D eigenvalue weighted by atomic mass is 10.1. The van der Waals surface area contributed by atoms with Gasteiger partial charge in [-0.25, -0.2) is 0 Å². The molecule has 2 aromatic rings. The van der Waals surface area contributed by atoms with Crippen LogP contribution in [0, 0.1) is 5.92 Å². The Balaban J connectivity index is 1.72. The van der Waals surface area contributed by atoms with E-state index in [9.17, 15) is 9.59 Å². The van der Waals surface area contributed by atoms with E-state index in [-0.39, 0.29) is 24.2 Å². The number of ether oxygens (including phenoxy) is 2. The zero-order chi connectivity index (χ0) is 19.4. The van der Waals surface area contributed by atoms with Crippen molar-refractivity contribution < 1.29 is 19.1 Å². The third-order valence-corrected chi connectivity index (χ3v) is 4.79. The van der Waals surface area contributed by atoms with Crippen LogP contribution >= 0.6 is 0 Å². The van der Waals surface area contributed by atoms with Crippen LogP contribution in [0.25, 0.3) is 0 Å². The van der Waals surface area contributed by atoms with Gasteiger partial charge >= 0.3 is 0 Å². The molecule has 2 aromatic carbocycles. The first-order valence-electron chi connectivity index (χ1n) is 8.84. The van der Waals surface area contributed by atoms with Crippen LogP contribution in [0.3, 0.4) is 0 Å². The van der Waals surface area contributed by atoms with Crippen molar-refractivity contribution in [2.75, 3.05) is 32.7 Å². The fourth-order valence-electron chi connectivity index (χ4n) is 3.36. The van der Waals surface area contributed by atoms with Crippen LogP contribution in [0.4, 0.5) is 5.69 Å². The average Bonchev–Trinajstić information content (AvgIpc) is 3.08. The van der Waals surface area contributed by atoms with Crippen molar-refractivity contribution in [1.82, 2.24) is 4.90 Å². The highest BCUT2D eigenvalue weighted by Crippen LogP contribution is 2.36. The second-order valence-corrected chi connectivity index (χ2v) is 6.62. The van der Waals surface area contributed by atoms with Crippen LogP contribution in [-0.4, -0.2) is 44.5 Å². The minimum absolute atomic E-state index is 0.0258. The summed E-state index contributed by atoms with van der Waals surface area (Å²) in [6.07, 6.45) is 0.202. The monoisotopic (exact) mass is 368 g/mol. The average molecular weight is 368 g/mol. The smallest absolute Gasteiger partial charge is 0.228 e. The zero-order valence-corrected chi connectivity index (χ0v) is 15.8. The first kappa shape index (κ1) is 18.8. The van der Waals surface area contributed by atoms with Crippen molar-refractivity contribution >= 4 is 17.5 Å². The molecule has 27 heavy (non-hydrogen) atoms. The number of anilines is 1. The van der Waals surface area contributed by atoms with E-state index in [1.165, 1.54) is 0 Å². The van der Waals surface area contributed by atoms with E-state index in [1.54, 1.807) is 49.3 Å². The van der Waals surface area contributed by atoms with Crippen molar-refractivity contribution in [2.24, 2.45) is 5.92 Å². The van der Waals surface area contributed by atoms with Crippen LogP contribution in [0.5, 0.6) is 11.5 Å². The fourth-order valence-corrected chi connectivity index (χ4v) is 3.36. The summed E-state index contributed by atoms with van der Waals surface area (Å²) >= 11 is 0. The molecule has 1 atom stereocenters. The van der Waals surface area contributed by atoms with Gasteiger partial charge in [0.05, 0.1) is 25.8 Å². The van der Waals surface area contributed by atoms with Gasteiger partial charge in [-0.3, -0.25) is 9.59 Å². The Morgan fingerprint density at radius 1 is 1.15 bits per heavy atom. The molecule has 0 aliphatic carbocycles. The first-order chi connectivity index (χ1) is 13.0. The van der Waals surface area contributed by atoms with Gasteiger partial charge in [-0.2, -0.15) is 0 Å². The van der Waals surface area contributed by atoms with Crippen LogP contribution in [0.2, 0.25) is 0 Å². The normalized spacial score (nSPS) is 16.3. The molecule has 0 spiro atoms. The van der Waals surface area contributed by atoms with E-state index in [0.717, 1.165) is 5.56 Å². The molecular formula is C21H24N2O4. The van der Waals surface area contributed by atoms with Crippen LogP contribution in [0.15, 0.2) is 48.5 Å². The highest BCUT2D eigenvalue weighted by Gasteiger charge is 2.37. The van der Waals surface area contributed by atoms with E-state index >= 15 is 0 Å². The van der Waals surface area contributed by atoms with E-state index in [4.69, 9.17) is 9.47 Å². The number of nitrogens with zero attached hydrogens (tertiary/aromatic N) is 2. The highest BCUT2D eigenvalue weighted by atomic mass is 16.5. The molecule has 0 aromatic heterocycles. The number of hydrogen-bond acceptors (Lipinski definition) is 4. The van der Waals surface area contributed by atoms with Gasteiger partial charge in [0.25, 0.3) is 0 Å². The lowest BCUT2D eigenvalue weighted by Crippen LogP contribution is -2.34. The van der Waals surface area contributed by atoms with Gasteiger partial charge in [0.1, 0.15) is 11.5 Å². The maximum absolute atomic E-state index is 12.8. The van der Waals surface area contributed by atoms with Gasteiger partial charge in [-0.05, 0) is 17.7 Å². The summed E-state index contributed by atoms with van der Waals surface area (Å²) in [7, 11) is 4.90. The molecule has 6 heteroatoms. The molecular weight excluding hydrogens is 344 g/mol. The molecule has 1 heterocycles. The van der Waals surface area contributed by atoms with Gasteiger partial charge in [-0.15, -0.1) is 0 Å². The number of carbonyl (C=O) groups excluding carboxylic acids is 2. The molecule has 2 amide bonds. The van der Waals surface area contributed by atoms with Crippen molar-refractivity contribution in [1.29, 1.82) is 0 Å². The number of carbonyl (C=O) groups is 2. The molecule has 0 unspecified atom stereocenters. The molecule has 1 aliphatic rings. The Labute approximate surface area is 159 Å². The first-order valence-corrected chi connectivity index (χ1v) is 8.84. The summed E-state index contributed by atoms with van der Waals surface area (Å²) in [5.41, 5.74) is 1.72. The third-order valence-electron chi connectivity index (χ3n) is 4.79. The van der Waals surface area contributed by atoms with Gasteiger partial charge in [0.15, 0.2) is 0 Å². The molecule has 1 saturated heterocycles. The van der Waals surface area contributed by atoms with Crippen molar-refractivity contribution in [3.05, 3.63) is 54.1 Å². The molecule has 0 radical (unpaired) electrons. The van der Waals surface area contributed by atoms with Gasteiger partial charge in [0.2, 0.25) is 11.8 Å². The largest absolute Gasteiger partial charge is 0.497 e. The van der Waals surface area contributed by atoms with Gasteiger partial charge in [-0.1, -0.05) is 30.3 Å². The van der Waals surface area contributed by atoms with E-state index in [1.807, 2.05) is 30.3 Å². The second kappa shape index (κ2) is 8.12. The maximum atomic E-state index is 12.8. The molecule has 0 N–H and O–H groups in total. The van der Waals surface area contributed by atoms with E-state index < -0.39 is 0 Å². The quantitative estimate of drug-likeness (QED) is 0.787. The van der Waals surface area contributed by atoms with Crippen molar-refractivity contribution in [3.63, 3.8) is 0 Å². The fraction of sp³-hybridized carbons (Fsp3) is 0.333. The number of rotatable bonds is 6. The van der Waals surface area contributed by atoms with Crippen molar-refractivity contribution in [3.8, 4) is 11.5 Å². The number of benzene rings is 2. The topological polar surface area (TPSA) is 59.1 Å². The number of hydrogen-bond donors (Lipinski definition) is 0. The molecule has 6 nitrogen and oxygen atoms in total. The standard InChI is InChI=1S/C21H24N2O4/c1-22(13-15-7-5-4-6-8-15)21(25)16-11-20(24)23(14-16)18-10-9-17(26-2)12-19(18)27-3/h4-10,12,16H,11,13-14H2,1-3H3/t16-/m0/s1. The second-order valence-electron chi connectivity index (χ2n) is 6.62. The minimum Gasteiger partial charge on any atom is -0.497 e. The molecule has 1 aliphatic heterocycles. The highest BCUT2D eigenvalue weighted by molar-refractivity contribution is 6.01. The summed E-state index contributed by atoms with van der Waals surface area (Å²) in [5, 5.41) is 0. The van der Waals surface area contributed by atoms with E-state index in [0.29, 0.717) is 30.3 Å². The minimum atomic E-state index is -0.363. The van der Waals surface area contributed by atoms with Crippen LogP contribution in [0.1, 0.15) is 12.0 Å². The zero-order valence-electron chi connectivity index (χ0n) is 15.8. The predicted octanol–water partition coefficient (Wildman–Crippen LogP) is 2.72. The summed E-state index contributed by atoms with van der Waals surface area (Å²) in [6.45, 7) is 0.871. The molecule has 3 rings (SSSR count). The predicted molar refractivity (Wildman–Crippen MR) is 103 cm³/mol. The molecule has 0 bridgehead atoms. The maximum Gasteiger partial charge on any atom is 0.228 e. The van der Waals surface area contributed by atoms with Gasteiger partial charge < -0.3 is 19.3 Å². The van der Waals surface area contributed by atoms with Crippen LogP contribution in [-0.2, 0) is 16.1 Å². The van der Waals surface area contributed by atoms with E-state index in [2.05, 4.69) is 0 Å². The molecule has 0 saturated carbocycles. The Bertz CT molecular complexity index is 822. The molecule has 142 valence electrons. The lowest BCUT2D eigenvalue weighted by molar-refractivity contribution is -0.135. The summed E-state index contributed by atoms with van der Waals surface area (Å²) in [6, 6.07) is 15.1. The summed E-state index contributed by atoms with van der Waals surface area (Å²) < 4.78 is 10.6. The van der Waals surface area contributed by atoms with Gasteiger partial charge in [0, 0.05) is 32.6 Å². The summed E-state index contributed by atoms with van der Waals surface area (Å²) in [5.74, 6) is 0.732. The Morgan fingerprint density at radius 2 is 1.89 bits per heavy atom. The van der Waals surface area contributed by atoms with Crippen LogP contribution < -0.4 is 14.4 Å². The Morgan fingerprint density at radius 3 is 2.56 bits per heavy atom. The number of amides is 2. The summed E-state index contributed by atoms with van der Waals surface area (Å²) in [4.78, 5) is 28.7.